The van der Waals surface area contributed by atoms with Crippen LogP contribution < -0.4 is 4.90 Å². The number of rotatable bonds is 3. The molecule has 0 saturated carbocycles. The molecule has 0 aliphatic carbocycles. The van der Waals surface area contributed by atoms with Gasteiger partial charge in [0.25, 0.3) is 0 Å². The molecule has 1 aromatic carbocycles. The Morgan fingerprint density at radius 2 is 2.16 bits per heavy atom. The van der Waals surface area contributed by atoms with Gasteiger partial charge in [-0.05, 0) is 55.9 Å². The lowest BCUT2D eigenvalue weighted by molar-refractivity contribution is 0.435. The van der Waals surface area contributed by atoms with Crippen LogP contribution in [0, 0.1) is 24.2 Å². The van der Waals surface area contributed by atoms with E-state index in [9.17, 15) is 0 Å². The minimum Gasteiger partial charge on any atom is -0.372 e. The molecular formula is C17H24N2. The Morgan fingerprint density at radius 1 is 1.32 bits per heavy atom. The lowest BCUT2D eigenvalue weighted by atomic mass is 9.96. The zero-order valence-electron chi connectivity index (χ0n) is 12.2. The number of hydrogen-bond donors (Lipinski definition) is 0. The zero-order valence-corrected chi connectivity index (χ0v) is 12.2. The summed E-state index contributed by atoms with van der Waals surface area (Å²) in [7, 11) is 0. The maximum absolute atomic E-state index is 8.99. The summed E-state index contributed by atoms with van der Waals surface area (Å²) >= 11 is 0. The van der Waals surface area contributed by atoms with E-state index >= 15 is 0 Å². The smallest absolute Gasteiger partial charge is 0.0994 e. The highest BCUT2D eigenvalue weighted by Gasteiger charge is 2.17. The summed E-state index contributed by atoms with van der Waals surface area (Å²) in [5.41, 5.74) is 3.17. The maximum atomic E-state index is 8.99. The molecule has 1 fully saturated rings. The highest BCUT2D eigenvalue weighted by Crippen LogP contribution is 2.26. The number of nitriles is 1. The van der Waals surface area contributed by atoms with Gasteiger partial charge in [0.05, 0.1) is 11.6 Å². The Kier molecular flexibility index (Phi) is 4.85. The third-order valence-corrected chi connectivity index (χ3v) is 4.24. The number of benzene rings is 1. The molecule has 1 unspecified atom stereocenters. The lowest BCUT2D eigenvalue weighted by Crippen LogP contribution is -2.24. The van der Waals surface area contributed by atoms with Crippen LogP contribution in [0.3, 0.4) is 0 Å². The molecule has 1 aromatic rings. The SMILES string of the molecule is CCCC1CCCN(c2ccc(C#N)c(C)c2)CC1. The molecule has 0 spiro atoms. The van der Waals surface area contributed by atoms with E-state index in [0.717, 1.165) is 30.1 Å². The van der Waals surface area contributed by atoms with E-state index in [1.807, 2.05) is 13.0 Å². The molecule has 1 heterocycles. The quantitative estimate of drug-likeness (QED) is 0.807. The predicted molar refractivity (Wildman–Crippen MR) is 80.4 cm³/mol. The molecule has 102 valence electrons. The number of hydrogen-bond acceptors (Lipinski definition) is 2. The first kappa shape index (κ1) is 13.9. The summed E-state index contributed by atoms with van der Waals surface area (Å²) in [4.78, 5) is 2.49. The zero-order chi connectivity index (χ0) is 13.7. The summed E-state index contributed by atoms with van der Waals surface area (Å²) < 4.78 is 0. The van der Waals surface area contributed by atoms with Crippen LogP contribution in [-0.2, 0) is 0 Å². The van der Waals surface area contributed by atoms with Gasteiger partial charge in [0.1, 0.15) is 0 Å². The third kappa shape index (κ3) is 3.50. The van der Waals surface area contributed by atoms with Crippen LogP contribution in [-0.4, -0.2) is 13.1 Å². The van der Waals surface area contributed by atoms with Crippen LogP contribution in [0.25, 0.3) is 0 Å². The van der Waals surface area contributed by atoms with Crippen LogP contribution in [0.5, 0.6) is 0 Å². The third-order valence-electron chi connectivity index (χ3n) is 4.24. The molecule has 0 N–H and O–H groups in total. The first-order valence-corrected chi connectivity index (χ1v) is 7.50. The Morgan fingerprint density at radius 3 is 2.84 bits per heavy atom. The van der Waals surface area contributed by atoms with Crippen molar-refractivity contribution in [2.45, 2.75) is 46.0 Å². The van der Waals surface area contributed by atoms with Crippen LogP contribution in [0.1, 0.15) is 50.2 Å². The molecule has 2 heteroatoms. The molecular weight excluding hydrogens is 232 g/mol. The van der Waals surface area contributed by atoms with Crippen molar-refractivity contribution in [3.63, 3.8) is 0 Å². The Labute approximate surface area is 117 Å². The van der Waals surface area contributed by atoms with E-state index < -0.39 is 0 Å². The van der Waals surface area contributed by atoms with Gasteiger partial charge in [-0.15, -0.1) is 0 Å². The highest BCUT2D eigenvalue weighted by molar-refractivity contribution is 5.53. The molecule has 2 rings (SSSR count). The van der Waals surface area contributed by atoms with Crippen LogP contribution in [0.4, 0.5) is 5.69 Å². The van der Waals surface area contributed by atoms with E-state index in [0.29, 0.717) is 0 Å². The van der Waals surface area contributed by atoms with E-state index in [4.69, 9.17) is 5.26 Å². The van der Waals surface area contributed by atoms with Crippen molar-refractivity contribution in [1.29, 1.82) is 5.26 Å². The van der Waals surface area contributed by atoms with Gasteiger partial charge in [0.15, 0.2) is 0 Å². The molecule has 1 aliphatic rings. The average molecular weight is 256 g/mol. The maximum Gasteiger partial charge on any atom is 0.0994 e. The first-order chi connectivity index (χ1) is 9.24. The minimum absolute atomic E-state index is 0.794. The monoisotopic (exact) mass is 256 g/mol. The Bertz CT molecular complexity index is 459. The second-order valence-corrected chi connectivity index (χ2v) is 5.68. The summed E-state index contributed by atoms with van der Waals surface area (Å²) in [6.07, 6.45) is 6.66. The first-order valence-electron chi connectivity index (χ1n) is 7.50. The average Bonchev–Trinajstić information content (AvgIpc) is 2.65. The normalized spacial score (nSPS) is 19.8. The minimum atomic E-state index is 0.794. The van der Waals surface area contributed by atoms with Crippen molar-refractivity contribution in [3.05, 3.63) is 29.3 Å². The summed E-state index contributed by atoms with van der Waals surface area (Å²) in [5.74, 6) is 0.912. The van der Waals surface area contributed by atoms with E-state index in [1.165, 1.54) is 37.8 Å². The van der Waals surface area contributed by atoms with Gasteiger partial charge in [-0.2, -0.15) is 5.26 Å². The predicted octanol–water partition coefficient (Wildman–Crippen LogP) is 4.27. The largest absolute Gasteiger partial charge is 0.372 e. The van der Waals surface area contributed by atoms with Gasteiger partial charge in [-0.1, -0.05) is 19.8 Å². The summed E-state index contributed by atoms with van der Waals surface area (Å²) in [6.45, 7) is 6.63. The second-order valence-electron chi connectivity index (χ2n) is 5.68. The molecule has 1 saturated heterocycles. The van der Waals surface area contributed by atoms with Crippen molar-refractivity contribution in [2.24, 2.45) is 5.92 Å². The number of anilines is 1. The molecule has 0 aromatic heterocycles. The molecule has 19 heavy (non-hydrogen) atoms. The molecule has 0 bridgehead atoms. The van der Waals surface area contributed by atoms with Gasteiger partial charge >= 0.3 is 0 Å². The van der Waals surface area contributed by atoms with Crippen molar-refractivity contribution in [2.75, 3.05) is 18.0 Å². The van der Waals surface area contributed by atoms with Gasteiger partial charge < -0.3 is 4.90 Å². The number of aryl methyl sites for hydroxylation is 1. The standard InChI is InChI=1S/C17H24N2/c1-3-5-15-6-4-10-19(11-9-15)17-8-7-16(13-18)14(2)12-17/h7-8,12,15H,3-6,9-11H2,1-2H3. The summed E-state index contributed by atoms with van der Waals surface area (Å²) in [6, 6.07) is 8.47. The fraction of sp³-hybridized carbons (Fsp3) is 0.588. The van der Waals surface area contributed by atoms with E-state index in [1.54, 1.807) is 0 Å². The lowest BCUT2D eigenvalue weighted by Gasteiger charge is -2.23. The van der Waals surface area contributed by atoms with Crippen molar-refractivity contribution in [1.82, 2.24) is 0 Å². The Hall–Kier alpha value is -1.49. The topological polar surface area (TPSA) is 27.0 Å². The van der Waals surface area contributed by atoms with Gasteiger partial charge in [-0.25, -0.2) is 0 Å². The molecule has 0 amide bonds. The van der Waals surface area contributed by atoms with Crippen molar-refractivity contribution < 1.29 is 0 Å². The van der Waals surface area contributed by atoms with Crippen LogP contribution in [0.15, 0.2) is 18.2 Å². The molecule has 0 radical (unpaired) electrons. The number of nitrogens with zero attached hydrogens (tertiary/aromatic N) is 2. The second kappa shape index (κ2) is 6.61. The molecule has 1 aliphatic heterocycles. The fourth-order valence-electron chi connectivity index (χ4n) is 3.09. The molecule has 1 atom stereocenters. The van der Waals surface area contributed by atoms with Crippen molar-refractivity contribution >= 4 is 5.69 Å². The fourth-order valence-corrected chi connectivity index (χ4v) is 3.09. The van der Waals surface area contributed by atoms with E-state index in [-0.39, 0.29) is 0 Å². The Balaban J connectivity index is 2.06. The highest BCUT2D eigenvalue weighted by atomic mass is 15.1. The van der Waals surface area contributed by atoms with Crippen LogP contribution in [0.2, 0.25) is 0 Å². The molecule has 2 nitrogen and oxygen atoms in total. The van der Waals surface area contributed by atoms with Gasteiger partial charge in [0.2, 0.25) is 0 Å². The van der Waals surface area contributed by atoms with Crippen molar-refractivity contribution in [3.8, 4) is 6.07 Å². The van der Waals surface area contributed by atoms with Crippen LogP contribution >= 0.6 is 0 Å². The summed E-state index contributed by atoms with van der Waals surface area (Å²) in [5, 5.41) is 8.99. The van der Waals surface area contributed by atoms with Gasteiger partial charge in [-0.3, -0.25) is 0 Å². The van der Waals surface area contributed by atoms with E-state index in [2.05, 4.69) is 30.0 Å². The van der Waals surface area contributed by atoms with Gasteiger partial charge in [0, 0.05) is 18.8 Å².